The Bertz CT molecular complexity index is 320. The van der Waals surface area contributed by atoms with Crippen LogP contribution in [0.1, 0.15) is 40.0 Å². The summed E-state index contributed by atoms with van der Waals surface area (Å²) in [7, 11) is 0. The molecule has 1 aliphatic carbocycles. The number of carbonyl (C=O) groups excluding carboxylic acids is 1. The maximum atomic E-state index is 11.8. The molecule has 0 aromatic heterocycles. The van der Waals surface area contributed by atoms with Gasteiger partial charge in [0.2, 0.25) is 0 Å². The number of urea groups is 1. The van der Waals surface area contributed by atoms with Crippen LogP contribution in [0.2, 0.25) is 0 Å². The average molecular weight is 209 g/mol. The molecule has 1 heterocycles. The Hall–Kier alpha value is -1.06. The molecule has 1 fully saturated rings. The summed E-state index contributed by atoms with van der Waals surface area (Å²) in [6.07, 6.45) is 3.21. The number of rotatable bonds is 3. The molecule has 4 nitrogen and oxygen atoms in total. The molecule has 0 aromatic carbocycles. The van der Waals surface area contributed by atoms with E-state index in [9.17, 15) is 4.79 Å². The van der Waals surface area contributed by atoms with Gasteiger partial charge in [0.25, 0.3) is 0 Å². The highest BCUT2D eigenvalue weighted by atomic mass is 16.2. The second kappa shape index (κ2) is 3.22. The van der Waals surface area contributed by atoms with Crippen LogP contribution in [-0.4, -0.2) is 28.3 Å². The average Bonchev–Trinajstić information content (AvgIpc) is 2.92. The summed E-state index contributed by atoms with van der Waals surface area (Å²) >= 11 is 0. The van der Waals surface area contributed by atoms with Gasteiger partial charge in [-0.1, -0.05) is 6.92 Å². The fourth-order valence-electron chi connectivity index (χ4n) is 2.84. The number of nitrogens with two attached hydrogens (primary N) is 1. The van der Waals surface area contributed by atoms with E-state index in [4.69, 9.17) is 5.73 Å². The summed E-state index contributed by atoms with van der Waals surface area (Å²) in [6.45, 7) is 6.15. The highest BCUT2D eigenvalue weighted by molar-refractivity contribution is 6.06. The van der Waals surface area contributed by atoms with Crippen LogP contribution in [0.5, 0.6) is 0 Å². The Balaban J connectivity index is 2.41. The highest BCUT2D eigenvalue weighted by Crippen LogP contribution is 2.48. The van der Waals surface area contributed by atoms with Gasteiger partial charge in [0.15, 0.2) is 0 Å². The van der Waals surface area contributed by atoms with E-state index in [0.717, 1.165) is 6.42 Å². The van der Waals surface area contributed by atoms with Gasteiger partial charge in [-0.05, 0) is 39.0 Å². The lowest BCUT2D eigenvalue weighted by molar-refractivity contribution is 0.129. The summed E-state index contributed by atoms with van der Waals surface area (Å²) < 4.78 is 0. The molecule has 15 heavy (non-hydrogen) atoms. The van der Waals surface area contributed by atoms with Gasteiger partial charge in [-0.15, -0.1) is 0 Å². The number of nitrogens with zero attached hydrogens (tertiary/aromatic N) is 2. The zero-order valence-corrected chi connectivity index (χ0v) is 9.66. The van der Waals surface area contributed by atoms with Gasteiger partial charge in [0.05, 0.1) is 0 Å². The van der Waals surface area contributed by atoms with Crippen LogP contribution in [0, 0.1) is 5.92 Å². The number of amides is 2. The molecule has 84 valence electrons. The van der Waals surface area contributed by atoms with Crippen LogP contribution in [-0.2, 0) is 0 Å². The maximum absolute atomic E-state index is 11.8. The predicted molar refractivity (Wildman–Crippen MR) is 59.7 cm³/mol. The van der Waals surface area contributed by atoms with Crippen molar-refractivity contribution in [3.8, 4) is 0 Å². The molecule has 2 amide bonds. The molecule has 0 spiro atoms. The predicted octanol–water partition coefficient (Wildman–Crippen LogP) is 1.75. The quantitative estimate of drug-likeness (QED) is 0.769. The molecule has 1 atom stereocenters. The van der Waals surface area contributed by atoms with Gasteiger partial charge in [0.1, 0.15) is 11.4 Å². The van der Waals surface area contributed by atoms with E-state index < -0.39 is 0 Å². The number of aliphatic imine (C=N–C) groups is 1. The molecule has 0 radical (unpaired) electrons. The standard InChI is InChI=1S/C11H19N3O/c1-4-11(8-5-6-8)9(12)13-10(15)14(11)7(2)3/h7-8H,4-6H2,1-3H3,(H2,12,13,15). The zero-order valence-electron chi connectivity index (χ0n) is 9.66. The van der Waals surface area contributed by atoms with Gasteiger partial charge >= 0.3 is 6.03 Å². The van der Waals surface area contributed by atoms with Crippen LogP contribution in [0.25, 0.3) is 0 Å². The fourth-order valence-corrected chi connectivity index (χ4v) is 2.84. The van der Waals surface area contributed by atoms with Gasteiger partial charge in [-0.3, -0.25) is 0 Å². The monoisotopic (exact) mass is 209 g/mol. The molecule has 0 aromatic rings. The van der Waals surface area contributed by atoms with Crippen molar-refractivity contribution in [1.29, 1.82) is 0 Å². The Kier molecular flexibility index (Phi) is 2.24. The Morgan fingerprint density at radius 3 is 2.60 bits per heavy atom. The number of amidine groups is 1. The Morgan fingerprint density at radius 2 is 2.20 bits per heavy atom. The van der Waals surface area contributed by atoms with E-state index in [1.54, 1.807) is 0 Å². The first-order valence-corrected chi connectivity index (χ1v) is 5.72. The molecule has 1 aliphatic heterocycles. The second-order valence-electron chi connectivity index (χ2n) is 4.80. The van der Waals surface area contributed by atoms with E-state index in [-0.39, 0.29) is 17.6 Å². The summed E-state index contributed by atoms with van der Waals surface area (Å²) in [5.74, 6) is 1.06. The Labute approximate surface area is 90.5 Å². The number of carbonyl (C=O) groups is 1. The molecule has 1 saturated carbocycles. The van der Waals surface area contributed by atoms with Crippen LogP contribution in [0.4, 0.5) is 4.79 Å². The molecule has 2 rings (SSSR count). The van der Waals surface area contributed by atoms with Crippen LogP contribution < -0.4 is 5.73 Å². The number of hydrogen-bond acceptors (Lipinski definition) is 2. The van der Waals surface area contributed by atoms with Crippen LogP contribution >= 0.6 is 0 Å². The molecule has 2 aliphatic rings. The summed E-state index contributed by atoms with van der Waals surface area (Å²) in [5.41, 5.74) is 5.70. The normalized spacial score (nSPS) is 31.3. The topological polar surface area (TPSA) is 58.7 Å². The maximum Gasteiger partial charge on any atom is 0.346 e. The van der Waals surface area contributed by atoms with Crippen molar-refractivity contribution in [1.82, 2.24) is 4.90 Å². The SMILES string of the molecule is CCC1(C2CC2)C(N)=NC(=O)N1C(C)C. The Morgan fingerprint density at radius 1 is 1.60 bits per heavy atom. The van der Waals surface area contributed by atoms with Crippen molar-refractivity contribution in [3.63, 3.8) is 0 Å². The van der Waals surface area contributed by atoms with Crippen molar-refractivity contribution >= 4 is 11.9 Å². The molecular formula is C11H19N3O. The molecular weight excluding hydrogens is 190 g/mol. The summed E-state index contributed by atoms with van der Waals surface area (Å²) in [5, 5.41) is 0. The lowest BCUT2D eigenvalue weighted by Crippen LogP contribution is -2.57. The molecule has 1 unspecified atom stereocenters. The minimum atomic E-state index is -0.273. The molecule has 0 saturated heterocycles. The molecule has 4 heteroatoms. The zero-order chi connectivity index (χ0) is 11.2. The summed E-state index contributed by atoms with van der Waals surface area (Å²) in [4.78, 5) is 17.6. The van der Waals surface area contributed by atoms with Crippen molar-refractivity contribution in [2.24, 2.45) is 16.6 Å². The molecule has 2 N–H and O–H groups in total. The van der Waals surface area contributed by atoms with E-state index in [1.807, 2.05) is 18.7 Å². The third-order valence-electron chi connectivity index (χ3n) is 3.60. The van der Waals surface area contributed by atoms with Gasteiger partial charge in [-0.2, -0.15) is 4.99 Å². The smallest absolute Gasteiger partial charge is 0.346 e. The van der Waals surface area contributed by atoms with Crippen molar-refractivity contribution in [2.75, 3.05) is 0 Å². The highest BCUT2D eigenvalue weighted by Gasteiger charge is 2.56. The third kappa shape index (κ3) is 1.27. The van der Waals surface area contributed by atoms with Crippen molar-refractivity contribution in [3.05, 3.63) is 0 Å². The first kappa shape index (κ1) is 10.5. The first-order chi connectivity index (χ1) is 7.04. The first-order valence-electron chi connectivity index (χ1n) is 5.72. The molecule has 0 bridgehead atoms. The van der Waals surface area contributed by atoms with E-state index in [1.165, 1.54) is 12.8 Å². The van der Waals surface area contributed by atoms with Crippen LogP contribution in [0.15, 0.2) is 4.99 Å². The largest absolute Gasteiger partial charge is 0.385 e. The fraction of sp³-hybridized carbons (Fsp3) is 0.818. The van der Waals surface area contributed by atoms with E-state index >= 15 is 0 Å². The van der Waals surface area contributed by atoms with Gasteiger partial charge in [-0.25, -0.2) is 4.79 Å². The van der Waals surface area contributed by atoms with Crippen molar-refractivity contribution < 1.29 is 4.79 Å². The lowest BCUT2D eigenvalue weighted by Gasteiger charge is -2.40. The summed E-state index contributed by atoms with van der Waals surface area (Å²) in [6, 6.07) is 0.0131. The number of hydrogen-bond donors (Lipinski definition) is 1. The van der Waals surface area contributed by atoms with Gasteiger partial charge in [0, 0.05) is 6.04 Å². The minimum absolute atomic E-state index is 0.156. The van der Waals surface area contributed by atoms with E-state index in [0.29, 0.717) is 11.8 Å². The van der Waals surface area contributed by atoms with Crippen molar-refractivity contribution in [2.45, 2.75) is 51.6 Å². The van der Waals surface area contributed by atoms with Gasteiger partial charge < -0.3 is 10.6 Å². The lowest BCUT2D eigenvalue weighted by atomic mass is 9.87. The van der Waals surface area contributed by atoms with E-state index in [2.05, 4.69) is 11.9 Å². The third-order valence-corrected chi connectivity index (χ3v) is 3.60. The minimum Gasteiger partial charge on any atom is -0.385 e. The van der Waals surface area contributed by atoms with Crippen LogP contribution in [0.3, 0.4) is 0 Å². The second-order valence-corrected chi connectivity index (χ2v) is 4.80.